The molecule has 1 amide bonds. The minimum Gasteiger partial charge on any atom is -0.337 e. The Morgan fingerprint density at radius 2 is 1.65 bits per heavy atom. The monoisotopic (exact) mass is 367 g/mol. The number of aromatic nitrogens is 2. The molecule has 4 nitrogen and oxygen atoms in total. The Morgan fingerprint density at radius 3 is 2.23 bits per heavy atom. The van der Waals surface area contributed by atoms with E-state index >= 15 is 0 Å². The smallest absolute Gasteiger partial charge is 0.253 e. The molecule has 26 heavy (non-hydrogen) atoms. The van der Waals surface area contributed by atoms with Crippen LogP contribution in [-0.2, 0) is 13.1 Å². The zero-order valence-corrected chi connectivity index (χ0v) is 16.0. The molecule has 0 aliphatic carbocycles. The van der Waals surface area contributed by atoms with Crippen LogP contribution in [0.2, 0.25) is 5.02 Å². The quantitative estimate of drug-likeness (QED) is 0.667. The second kappa shape index (κ2) is 7.75. The molecule has 0 radical (unpaired) electrons. The van der Waals surface area contributed by atoms with Gasteiger partial charge in [-0.1, -0.05) is 35.9 Å². The Kier molecular flexibility index (Phi) is 5.43. The molecule has 0 N–H and O–H groups in total. The highest BCUT2D eigenvalue weighted by atomic mass is 35.5. The van der Waals surface area contributed by atoms with Crippen LogP contribution in [0, 0.1) is 13.8 Å². The highest BCUT2D eigenvalue weighted by Crippen LogP contribution is 2.14. The van der Waals surface area contributed by atoms with Gasteiger partial charge in [-0.05, 0) is 55.3 Å². The summed E-state index contributed by atoms with van der Waals surface area (Å²) in [5.41, 5.74) is 4.99. The molecule has 0 aliphatic heterocycles. The Bertz CT molecular complexity index is 898. The number of aryl methyl sites for hydroxylation is 2. The third-order valence-corrected chi connectivity index (χ3v) is 4.57. The number of carbonyl (C=O) groups excluding carboxylic acids is 1. The zero-order valence-electron chi connectivity index (χ0n) is 15.2. The SMILES string of the molecule is Cc1cc(C)n(Cc2ccc(C(=O)N(C)Cc3ccc(Cl)cc3)cc2)n1. The van der Waals surface area contributed by atoms with Crippen molar-refractivity contribution in [1.82, 2.24) is 14.7 Å². The molecule has 3 rings (SSSR count). The van der Waals surface area contributed by atoms with Crippen molar-refractivity contribution in [3.63, 3.8) is 0 Å². The normalized spacial score (nSPS) is 10.8. The number of hydrogen-bond donors (Lipinski definition) is 0. The molecule has 0 aliphatic rings. The van der Waals surface area contributed by atoms with Crippen molar-refractivity contribution < 1.29 is 4.79 Å². The van der Waals surface area contributed by atoms with E-state index in [1.54, 1.807) is 11.9 Å². The van der Waals surface area contributed by atoms with Crippen LogP contribution in [0.15, 0.2) is 54.6 Å². The van der Waals surface area contributed by atoms with Gasteiger partial charge >= 0.3 is 0 Å². The van der Waals surface area contributed by atoms with Gasteiger partial charge in [0, 0.05) is 29.9 Å². The van der Waals surface area contributed by atoms with Gasteiger partial charge in [-0.25, -0.2) is 0 Å². The zero-order chi connectivity index (χ0) is 18.7. The molecule has 0 spiro atoms. The lowest BCUT2D eigenvalue weighted by Gasteiger charge is -2.17. The van der Waals surface area contributed by atoms with Crippen LogP contribution in [0.25, 0.3) is 0 Å². The van der Waals surface area contributed by atoms with E-state index in [1.165, 1.54) is 0 Å². The van der Waals surface area contributed by atoms with Crippen molar-refractivity contribution >= 4 is 17.5 Å². The van der Waals surface area contributed by atoms with E-state index in [4.69, 9.17) is 11.6 Å². The van der Waals surface area contributed by atoms with Crippen LogP contribution >= 0.6 is 11.6 Å². The summed E-state index contributed by atoms with van der Waals surface area (Å²) in [6.45, 7) is 5.28. The van der Waals surface area contributed by atoms with Gasteiger partial charge in [0.2, 0.25) is 0 Å². The molecule has 0 atom stereocenters. The number of nitrogens with zero attached hydrogens (tertiary/aromatic N) is 3. The van der Waals surface area contributed by atoms with Crippen LogP contribution in [0.3, 0.4) is 0 Å². The molecule has 5 heteroatoms. The summed E-state index contributed by atoms with van der Waals surface area (Å²) in [5, 5.41) is 5.17. The fourth-order valence-corrected chi connectivity index (χ4v) is 3.04. The molecule has 3 aromatic rings. The number of benzene rings is 2. The minimum atomic E-state index is -0.00221. The molecule has 0 saturated carbocycles. The highest BCUT2D eigenvalue weighted by Gasteiger charge is 2.12. The number of carbonyl (C=O) groups is 1. The van der Waals surface area contributed by atoms with Crippen molar-refractivity contribution in [2.75, 3.05) is 7.05 Å². The van der Waals surface area contributed by atoms with Gasteiger partial charge in [0.25, 0.3) is 5.91 Å². The third kappa shape index (κ3) is 4.33. The fourth-order valence-electron chi connectivity index (χ4n) is 2.92. The van der Waals surface area contributed by atoms with Crippen LogP contribution in [0.4, 0.5) is 0 Å². The van der Waals surface area contributed by atoms with Crippen LogP contribution < -0.4 is 0 Å². The van der Waals surface area contributed by atoms with Crippen molar-refractivity contribution in [3.8, 4) is 0 Å². The van der Waals surface area contributed by atoms with Crippen LogP contribution in [0.1, 0.15) is 32.9 Å². The Hall–Kier alpha value is -2.59. The molecule has 0 saturated heterocycles. The lowest BCUT2D eigenvalue weighted by molar-refractivity contribution is 0.0785. The second-order valence-electron chi connectivity index (χ2n) is 6.57. The Morgan fingerprint density at radius 1 is 1.04 bits per heavy atom. The van der Waals surface area contributed by atoms with Crippen molar-refractivity contribution in [3.05, 3.63) is 87.7 Å². The summed E-state index contributed by atoms with van der Waals surface area (Å²) in [6, 6.07) is 17.3. The summed E-state index contributed by atoms with van der Waals surface area (Å²) in [4.78, 5) is 14.3. The van der Waals surface area contributed by atoms with Crippen molar-refractivity contribution in [1.29, 1.82) is 0 Å². The lowest BCUT2D eigenvalue weighted by Crippen LogP contribution is -2.26. The van der Waals surface area contributed by atoms with E-state index in [0.717, 1.165) is 22.5 Å². The van der Waals surface area contributed by atoms with E-state index in [-0.39, 0.29) is 5.91 Å². The maximum Gasteiger partial charge on any atom is 0.253 e. The summed E-state index contributed by atoms with van der Waals surface area (Å²) in [7, 11) is 1.81. The minimum absolute atomic E-state index is 0.00221. The van der Waals surface area contributed by atoms with Gasteiger partial charge in [-0.2, -0.15) is 5.10 Å². The Balaban J connectivity index is 1.66. The summed E-state index contributed by atoms with van der Waals surface area (Å²) >= 11 is 5.90. The van der Waals surface area contributed by atoms with E-state index in [0.29, 0.717) is 23.7 Å². The second-order valence-corrected chi connectivity index (χ2v) is 7.01. The van der Waals surface area contributed by atoms with Crippen molar-refractivity contribution in [2.24, 2.45) is 0 Å². The van der Waals surface area contributed by atoms with Crippen LogP contribution in [-0.4, -0.2) is 27.6 Å². The van der Waals surface area contributed by atoms with Crippen molar-refractivity contribution in [2.45, 2.75) is 26.9 Å². The molecule has 2 aromatic carbocycles. The van der Waals surface area contributed by atoms with E-state index in [9.17, 15) is 4.79 Å². The van der Waals surface area contributed by atoms with Gasteiger partial charge in [0.05, 0.1) is 12.2 Å². The van der Waals surface area contributed by atoms with E-state index in [2.05, 4.69) is 11.2 Å². The highest BCUT2D eigenvalue weighted by molar-refractivity contribution is 6.30. The average Bonchev–Trinajstić information content (AvgIpc) is 2.94. The number of halogens is 1. The topological polar surface area (TPSA) is 38.1 Å². The number of rotatable bonds is 5. The average molecular weight is 368 g/mol. The maximum absolute atomic E-state index is 12.6. The first-order valence-corrected chi connectivity index (χ1v) is 8.90. The largest absolute Gasteiger partial charge is 0.337 e. The van der Waals surface area contributed by atoms with Gasteiger partial charge < -0.3 is 4.90 Å². The standard InChI is InChI=1S/C21H22ClN3O/c1-15-12-16(2)25(23-15)14-18-4-8-19(9-5-18)21(26)24(3)13-17-6-10-20(22)11-7-17/h4-12H,13-14H2,1-3H3. The lowest BCUT2D eigenvalue weighted by atomic mass is 10.1. The van der Waals surface area contributed by atoms with E-state index in [1.807, 2.05) is 67.1 Å². The van der Waals surface area contributed by atoms with Gasteiger partial charge in [0.1, 0.15) is 0 Å². The predicted molar refractivity (Wildman–Crippen MR) is 104 cm³/mol. The number of hydrogen-bond acceptors (Lipinski definition) is 2. The molecule has 1 heterocycles. The summed E-state index contributed by atoms with van der Waals surface area (Å²) in [6.07, 6.45) is 0. The molecule has 1 aromatic heterocycles. The first-order valence-electron chi connectivity index (χ1n) is 8.52. The molecular formula is C21H22ClN3O. The first-order chi connectivity index (χ1) is 12.4. The van der Waals surface area contributed by atoms with Crippen LogP contribution in [0.5, 0.6) is 0 Å². The molecule has 0 bridgehead atoms. The molecule has 0 unspecified atom stereocenters. The number of amides is 1. The maximum atomic E-state index is 12.6. The van der Waals surface area contributed by atoms with Gasteiger partial charge in [0.15, 0.2) is 0 Å². The van der Waals surface area contributed by atoms with E-state index < -0.39 is 0 Å². The first kappa shape index (κ1) is 18.2. The van der Waals surface area contributed by atoms with Gasteiger partial charge in [-0.15, -0.1) is 0 Å². The fraction of sp³-hybridized carbons (Fsp3) is 0.238. The Labute approximate surface area is 159 Å². The predicted octanol–water partition coefficient (Wildman–Crippen LogP) is 4.47. The third-order valence-electron chi connectivity index (χ3n) is 4.32. The summed E-state index contributed by atoms with van der Waals surface area (Å²) < 4.78 is 1.97. The molecule has 0 fully saturated rings. The molecule has 134 valence electrons. The summed E-state index contributed by atoms with van der Waals surface area (Å²) in [5.74, 6) is -0.00221. The van der Waals surface area contributed by atoms with Gasteiger partial charge in [-0.3, -0.25) is 9.48 Å². The molecular weight excluding hydrogens is 346 g/mol.